The Balaban J connectivity index is 2.09. The van der Waals surface area contributed by atoms with Crippen molar-refractivity contribution in [2.24, 2.45) is 5.73 Å². The van der Waals surface area contributed by atoms with Gasteiger partial charge in [0, 0.05) is 18.2 Å². The molecule has 0 spiro atoms. The van der Waals surface area contributed by atoms with Crippen molar-refractivity contribution in [1.29, 1.82) is 0 Å². The Morgan fingerprint density at radius 2 is 2.12 bits per heavy atom. The summed E-state index contributed by atoms with van der Waals surface area (Å²) in [6, 6.07) is 6.01. The standard InChI is InChI=1S/C12H17N5/c13-8-10-2-1-3-11-15-16-12(17(10)11)9-4-6-14-7-5-9/h1-3,9,14H,4-8,13H2. The Morgan fingerprint density at radius 3 is 2.88 bits per heavy atom. The van der Waals surface area contributed by atoms with Crippen LogP contribution in [0.4, 0.5) is 0 Å². The van der Waals surface area contributed by atoms with Crippen LogP contribution < -0.4 is 11.1 Å². The van der Waals surface area contributed by atoms with Gasteiger partial charge in [-0.2, -0.15) is 0 Å². The second kappa shape index (κ2) is 4.43. The molecule has 90 valence electrons. The highest BCUT2D eigenvalue weighted by atomic mass is 15.3. The average molecular weight is 231 g/mol. The molecule has 0 aliphatic carbocycles. The lowest BCUT2D eigenvalue weighted by Gasteiger charge is -2.21. The molecule has 0 atom stereocenters. The lowest BCUT2D eigenvalue weighted by molar-refractivity contribution is 0.441. The van der Waals surface area contributed by atoms with Crippen LogP contribution in [0.15, 0.2) is 18.2 Å². The molecule has 17 heavy (non-hydrogen) atoms. The van der Waals surface area contributed by atoms with E-state index in [-0.39, 0.29) is 0 Å². The number of nitrogens with zero attached hydrogens (tertiary/aromatic N) is 3. The number of rotatable bonds is 2. The second-order valence-corrected chi connectivity index (χ2v) is 4.50. The minimum Gasteiger partial charge on any atom is -0.325 e. The predicted octanol–water partition coefficient (Wildman–Crippen LogP) is 0.655. The van der Waals surface area contributed by atoms with Gasteiger partial charge in [0.05, 0.1) is 0 Å². The van der Waals surface area contributed by atoms with Crippen molar-refractivity contribution in [1.82, 2.24) is 19.9 Å². The molecule has 1 saturated heterocycles. The molecule has 1 fully saturated rings. The minimum atomic E-state index is 0.499. The molecule has 1 aliphatic heterocycles. The van der Waals surface area contributed by atoms with Crippen LogP contribution >= 0.6 is 0 Å². The van der Waals surface area contributed by atoms with Gasteiger partial charge in [-0.15, -0.1) is 10.2 Å². The molecule has 3 rings (SSSR count). The second-order valence-electron chi connectivity index (χ2n) is 4.50. The smallest absolute Gasteiger partial charge is 0.161 e. The van der Waals surface area contributed by atoms with Crippen molar-refractivity contribution in [3.63, 3.8) is 0 Å². The van der Waals surface area contributed by atoms with Crippen molar-refractivity contribution < 1.29 is 0 Å². The molecule has 0 aromatic carbocycles. The summed E-state index contributed by atoms with van der Waals surface area (Å²) in [4.78, 5) is 0. The summed E-state index contributed by atoms with van der Waals surface area (Å²) in [5, 5.41) is 12.0. The Labute approximate surface area is 100 Å². The van der Waals surface area contributed by atoms with Crippen molar-refractivity contribution in [3.05, 3.63) is 29.7 Å². The zero-order chi connectivity index (χ0) is 11.7. The van der Waals surface area contributed by atoms with E-state index in [9.17, 15) is 0 Å². The predicted molar refractivity (Wildman–Crippen MR) is 65.7 cm³/mol. The summed E-state index contributed by atoms with van der Waals surface area (Å²) in [6.45, 7) is 2.64. The Hall–Kier alpha value is -1.46. The van der Waals surface area contributed by atoms with E-state index in [0.717, 1.165) is 43.1 Å². The van der Waals surface area contributed by atoms with Crippen LogP contribution in [0.5, 0.6) is 0 Å². The molecular formula is C12H17N5. The molecule has 3 heterocycles. The SMILES string of the molecule is NCc1cccc2nnc(C3CCNCC3)n12. The van der Waals surface area contributed by atoms with Gasteiger partial charge >= 0.3 is 0 Å². The van der Waals surface area contributed by atoms with E-state index >= 15 is 0 Å². The van der Waals surface area contributed by atoms with Crippen LogP contribution in [0, 0.1) is 0 Å². The Kier molecular flexibility index (Phi) is 2.78. The lowest BCUT2D eigenvalue weighted by atomic mass is 9.97. The maximum Gasteiger partial charge on any atom is 0.161 e. The Bertz CT molecular complexity index is 513. The van der Waals surface area contributed by atoms with Gasteiger partial charge in [0.15, 0.2) is 5.65 Å². The van der Waals surface area contributed by atoms with E-state index in [1.54, 1.807) is 0 Å². The maximum atomic E-state index is 5.78. The monoisotopic (exact) mass is 231 g/mol. The summed E-state index contributed by atoms with van der Waals surface area (Å²) >= 11 is 0. The number of piperidine rings is 1. The molecule has 5 heteroatoms. The molecule has 5 nitrogen and oxygen atoms in total. The number of pyridine rings is 1. The third-order valence-corrected chi connectivity index (χ3v) is 3.45. The van der Waals surface area contributed by atoms with Crippen molar-refractivity contribution >= 4 is 5.65 Å². The molecule has 3 N–H and O–H groups in total. The van der Waals surface area contributed by atoms with Gasteiger partial charge in [-0.1, -0.05) is 6.07 Å². The van der Waals surface area contributed by atoms with Crippen LogP contribution in [0.2, 0.25) is 0 Å². The highest BCUT2D eigenvalue weighted by Gasteiger charge is 2.21. The van der Waals surface area contributed by atoms with Crippen molar-refractivity contribution in [3.8, 4) is 0 Å². The first-order chi connectivity index (χ1) is 8.40. The number of aromatic nitrogens is 3. The fourth-order valence-electron chi connectivity index (χ4n) is 2.53. The normalized spacial score (nSPS) is 17.7. The third-order valence-electron chi connectivity index (χ3n) is 3.45. The molecule has 0 saturated carbocycles. The number of hydrogen-bond donors (Lipinski definition) is 2. The summed E-state index contributed by atoms with van der Waals surface area (Å²) < 4.78 is 2.12. The topological polar surface area (TPSA) is 68.2 Å². The van der Waals surface area contributed by atoms with E-state index in [4.69, 9.17) is 5.73 Å². The third kappa shape index (κ3) is 1.81. The van der Waals surface area contributed by atoms with Gasteiger partial charge in [0.1, 0.15) is 5.82 Å². The lowest BCUT2D eigenvalue weighted by Crippen LogP contribution is -2.27. The van der Waals surface area contributed by atoms with Gasteiger partial charge in [-0.25, -0.2) is 0 Å². The highest BCUT2D eigenvalue weighted by Crippen LogP contribution is 2.24. The van der Waals surface area contributed by atoms with E-state index in [2.05, 4.69) is 19.9 Å². The van der Waals surface area contributed by atoms with Crippen LogP contribution in [-0.4, -0.2) is 27.7 Å². The van der Waals surface area contributed by atoms with Crippen LogP contribution in [-0.2, 0) is 6.54 Å². The van der Waals surface area contributed by atoms with Crippen molar-refractivity contribution in [2.75, 3.05) is 13.1 Å². The van der Waals surface area contributed by atoms with E-state index in [1.807, 2.05) is 18.2 Å². The molecular weight excluding hydrogens is 214 g/mol. The van der Waals surface area contributed by atoms with Gasteiger partial charge in [0.25, 0.3) is 0 Å². The van der Waals surface area contributed by atoms with E-state index < -0.39 is 0 Å². The van der Waals surface area contributed by atoms with Gasteiger partial charge in [-0.3, -0.25) is 4.40 Å². The van der Waals surface area contributed by atoms with E-state index in [0.29, 0.717) is 12.5 Å². The fourth-order valence-corrected chi connectivity index (χ4v) is 2.53. The van der Waals surface area contributed by atoms with Crippen LogP contribution in [0.3, 0.4) is 0 Å². The number of hydrogen-bond acceptors (Lipinski definition) is 4. The maximum absolute atomic E-state index is 5.78. The summed E-state index contributed by atoms with van der Waals surface area (Å²) in [7, 11) is 0. The molecule has 2 aromatic heterocycles. The number of nitrogens with one attached hydrogen (secondary N) is 1. The van der Waals surface area contributed by atoms with Gasteiger partial charge in [0.2, 0.25) is 0 Å². The zero-order valence-electron chi connectivity index (χ0n) is 9.76. The molecule has 0 unspecified atom stereocenters. The highest BCUT2D eigenvalue weighted by molar-refractivity contribution is 5.40. The number of fused-ring (bicyclic) bond motifs is 1. The minimum absolute atomic E-state index is 0.499. The first-order valence-electron chi connectivity index (χ1n) is 6.14. The molecule has 1 aliphatic rings. The largest absolute Gasteiger partial charge is 0.325 e. The fraction of sp³-hybridized carbons (Fsp3) is 0.500. The summed E-state index contributed by atoms with van der Waals surface area (Å²) in [5.41, 5.74) is 7.77. The first kappa shape index (κ1) is 10.7. The van der Waals surface area contributed by atoms with Crippen LogP contribution in [0.1, 0.15) is 30.3 Å². The van der Waals surface area contributed by atoms with Crippen LogP contribution in [0.25, 0.3) is 5.65 Å². The molecule has 0 radical (unpaired) electrons. The number of nitrogens with two attached hydrogens (primary N) is 1. The summed E-state index contributed by atoms with van der Waals surface area (Å²) in [6.07, 6.45) is 2.25. The summed E-state index contributed by atoms with van der Waals surface area (Å²) in [5.74, 6) is 1.57. The average Bonchev–Trinajstić information content (AvgIpc) is 2.83. The first-order valence-corrected chi connectivity index (χ1v) is 6.14. The van der Waals surface area contributed by atoms with E-state index in [1.165, 1.54) is 0 Å². The molecule has 0 bridgehead atoms. The van der Waals surface area contributed by atoms with Crippen molar-refractivity contribution in [2.45, 2.75) is 25.3 Å². The Morgan fingerprint density at radius 1 is 1.29 bits per heavy atom. The quantitative estimate of drug-likeness (QED) is 0.796. The zero-order valence-corrected chi connectivity index (χ0v) is 9.76. The van der Waals surface area contributed by atoms with Gasteiger partial charge in [-0.05, 0) is 38.1 Å². The molecule has 0 amide bonds. The molecule has 2 aromatic rings. The van der Waals surface area contributed by atoms with Gasteiger partial charge < -0.3 is 11.1 Å².